The molecule has 8 aromatic carbocycles. The number of hydrogen-bond acceptors (Lipinski definition) is 0. The van der Waals surface area contributed by atoms with Gasteiger partial charge in [-0.25, -0.2) is 0 Å². The number of rotatable bonds is 8. The van der Waals surface area contributed by atoms with Gasteiger partial charge < -0.3 is 0 Å². The quantitative estimate of drug-likeness (QED) is 0.105. The zero-order valence-corrected chi connectivity index (χ0v) is 45.2. The summed E-state index contributed by atoms with van der Waals surface area (Å²) in [6.07, 6.45) is 2.38. The summed E-state index contributed by atoms with van der Waals surface area (Å²) in [7, 11) is 7.92. The van der Waals surface area contributed by atoms with Gasteiger partial charge in [-0.2, -0.15) is 41.6 Å². The first-order valence-corrected chi connectivity index (χ1v) is 36.4. The summed E-state index contributed by atoms with van der Waals surface area (Å²) in [6.45, 7) is 23.8. The maximum absolute atomic E-state index is 4.93. The molecule has 0 spiro atoms. The predicted molar refractivity (Wildman–Crippen MR) is 281 cm³/mol. The number of hydrogen-bond donors (Lipinski definition) is 0. The zero-order chi connectivity index (χ0) is 44.6. The molecule has 0 fully saturated rings. The molecular formula is C56H61Cl2Si3Zr-3. The Morgan fingerprint density at radius 3 is 1.39 bits per heavy atom. The Morgan fingerprint density at radius 1 is 0.532 bits per heavy atom. The summed E-state index contributed by atoms with van der Waals surface area (Å²) in [6, 6.07) is 59.3. The van der Waals surface area contributed by atoms with Crippen molar-refractivity contribution in [2.75, 3.05) is 0 Å². The third-order valence-electron chi connectivity index (χ3n) is 12.3. The van der Waals surface area contributed by atoms with Crippen molar-refractivity contribution in [2.24, 2.45) is 0 Å². The first kappa shape index (κ1) is 48.1. The normalized spacial score (nSPS) is 12.8. The Balaban J connectivity index is 0.000000155. The second-order valence-electron chi connectivity index (χ2n) is 18.6. The molecule has 0 nitrogen and oxygen atoms in total. The van der Waals surface area contributed by atoms with Crippen LogP contribution in [0.15, 0.2) is 152 Å². The summed E-state index contributed by atoms with van der Waals surface area (Å²) in [4.78, 5) is 0. The van der Waals surface area contributed by atoms with Crippen molar-refractivity contribution in [2.45, 2.75) is 91.7 Å². The van der Waals surface area contributed by atoms with E-state index in [4.69, 9.17) is 17.0 Å². The van der Waals surface area contributed by atoms with Crippen LogP contribution in [0.4, 0.5) is 0 Å². The summed E-state index contributed by atoms with van der Waals surface area (Å²) >= 11 is -0.826. The van der Waals surface area contributed by atoms with Gasteiger partial charge in [0.2, 0.25) is 0 Å². The standard InChI is InChI=1S/2C22H27Si.C12H7Si.2ClH.Zr/c2*1-6-16(2)18-14-17-10-9-12-19(21(17)15-18)20-11-7-8-13-22(20)23(3,4)5;1-3-7-11-9(5-1)10-6-2-4-8-12(10)13-11;;;/h2*7-16H,6H2,1-5H3;1-7H;2*1H;/q3*-1;;;+2/p-2. The second-order valence-corrected chi connectivity index (χ2v) is 33.7. The Bertz CT molecular complexity index is 2530. The SMILES string of the molecule is CCC(C)c1cc2c(-c3ccccc3[Si](C)(C)C)cccc2[cH-]1.CCC(C)c1cc2c(-c3ccccc3[Si](C)(C)C)cccc2[cH-]1.[Cl][Zr][Cl].[c-]1cccc2c1[Si]c1ccccc1-2. The van der Waals surface area contributed by atoms with E-state index in [2.05, 4.69) is 219 Å². The molecular weight excluding hydrogens is 919 g/mol. The van der Waals surface area contributed by atoms with Gasteiger partial charge in [-0.05, 0) is 23.0 Å². The monoisotopic (exact) mass is 977 g/mol. The van der Waals surface area contributed by atoms with E-state index in [1.165, 1.54) is 89.3 Å². The second kappa shape index (κ2) is 21.6. The summed E-state index contributed by atoms with van der Waals surface area (Å²) < 4.78 is 0. The molecule has 0 aliphatic carbocycles. The van der Waals surface area contributed by atoms with Crippen LogP contribution < -0.4 is 20.7 Å². The first-order valence-electron chi connectivity index (χ1n) is 22.1. The van der Waals surface area contributed by atoms with Gasteiger partial charge in [0.05, 0.1) is 25.7 Å². The van der Waals surface area contributed by atoms with Crippen molar-refractivity contribution < 1.29 is 20.8 Å². The molecule has 0 saturated carbocycles. The molecule has 9 rings (SSSR count). The van der Waals surface area contributed by atoms with Gasteiger partial charge in [-0.15, -0.1) is 74.6 Å². The third-order valence-corrected chi connectivity index (χ3v) is 17.8. The molecule has 1 aliphatic rings. The number of fused-ring (bicyclic) bond motifs is 5. The Morgan fingerprint density at radius 2 is 0.935 bits per heavy atom. The van der Waals surface area contributed by atoms with E-state index in [1.807, 2.05) is 6.07 Å². The van der Waals surface area contributed by atoms with Gasteiger partial charge in [0.1, 0.15) is 0 Å². The van der Waals surface area contributed by atoms with Crippen molar-refractivity contribution >= 4 is 85.0 Å². The van der Waals surface area contributed by atoms with Crippen molar-refractivity contribution in [1.29, 1.82) is 0 Å². The van der Waals surface area contributed by atoms with E-state index < -0.39 is 37.0 Å². The van der Waals surface area contributed by atoms with E-state index in [0.717, 1.165) is 9.52 Å². The number of halogens is 2. The van der Waals surface area contributed by atoms with Crippen molar-refractivity contribution in [3.8, 4) is 33.4 Å². The average Bonchev–Trinajstić information content (AvgIpc) is 4.02. The predicted octanol–water partition coefficient (Wildman–Crippen LogP) is 15.1. The fraction of sp³-hybridized carbons (Fsp3) is 0.250. The summed E-state index contributed by atoms with van der Waals surface area (Å²) in [5.41, 5.74) is 11.4. The zero-order valence-electron chi connectivity index (χ0n) is 38.3. The van der Waals surface area contributed by atoms with Gasteiger partial charge >= 0.3 is 37.9 Å². The van der Waals surface area contributed by atoms with E-state index in [1.54, 1.807) is 10.4 Å². The molecule has 2 atom stereocenters. The molecule has 2 radical (unpaired) electrons. The average molecular weight is 980 g/mol. The molecule has 318 valence electrons. The van der Waals surface area contributed by atoms with Gasteiger partial charge in [-0.3, -0.25) is 0 Å². The molecule has 8 aromatic rings. The van der Waals surface area contributed by atoms with Gasteiger partial charge in [0, 0.05) is 0 Å². The molecule has 6 heteroatoms. The molecule has 1 aliphatic heterocycles. The minimum absolute atomic E-state index is 0.627. The van der Waals surface area contributed by atoms with Crippen LogP contribution in [0, 0.1) is 6.07 Å². The van der Waals surface area contributed by atoms with E-state index >= 15 is 0 Å². The van der Waals surface area contributed by atoms with Crippen molar-refractivity contribution in [1.82, 2.24) is 0 Å². The van der Waals surface area contributed by atoms with Gasteiger partial charge in [0.25, 0.3) is 0 Å². The molecule has 1 heterocycles. The minimum atomic E-state index is -1.37. The molecule has 0 bridgehead atoms. The van der Waals surface area contributed by atoms with Crippen LogP contribution in [0.3, 0.4) is 0 Å². The van der Waals surface area contributed by atoms with E-state index in [0.29, 0.717) is 11.8 Å². The maximum atomic E-state index is 4.93. The fourth-order valence-corrected chi connectivity index (χ4v) is 13.1. The molecule has 0 aromatic heterocycles. The molecule has 0 amide bonds. The van der Waals surface area contributed by atoms with Gasteiger partial charge in [-0.1, -0.05) is 197 Å². The number of benzene rings is 6. The Labute approximate surface area is 396 Å². The molecule has 0 saturated heterocycles. The van der Waals surface area contributed by atoms with E-state index in [9.17, 15) is 0 Å². The molecule has 62 heavy (non-hydrogen) atoms. The van der Waals surface area contributed by atoms with Crippen LogP contribution in [-0.2, 0) is 20.8 Å². The molecule has 2 unspecified atom stereocenters. The summed E-state index contributed by atoms with van der Waals surface area (Å²) in [5, 5.41) is 11.5. The van der Waals surface area contributed by atoms with E-state index in [-0.39, 0.29) is 0 Å². The topological polar surface area (TPSA) is 0 Å². The Kier molecular flexibility index (Phi) is 16.7. The van der Waals surface area contributed by atoms with Crippen LogP contribution in [0.2, 0.25) is 39.3 Å². The minimum Gasteiger partial charge on any atom is -0.184 e. The summed E-state index contributed by atoms with van der Waals surface area (Å²) in [5.74, 6) is 1.25. The molecule has 0 N–H and O–H groups in total. The Hall–Kier alpha value is -3.35. The van der Waals surface area contributed by atoms with Crippen LogP contribution in [0.1, 0.15) is 63.5 Å². The van der Waals surface area contributed by atoms with Crippen LogP contribution >= 0.6 is 17.0 Å². The van der Waals surface area contributed by atoms with Crippen LogP contribution in [0.25, 0.3) is 54.9 Å². The fourth-order valence-electron chi connectivity index (χ4n) is 8.50. The van der Waals surface area contributed by atoms with Gasteiger partial charge in [0.15, 0.2) is 0 Å². The van der Waals surface area contributed by atoms with Crippen LogP contribution in [0.5, 0.6) is 0 Å². The maximum Gasteiger partial charge on any atom is 0.0920 e. The third kappa shape index (κ3) is 11.3. The first-order chi connectivity index (χ1) is 29.7. The van der Waals surface area contributed by atoms with Crippen molar-refractivity contribution in [3.05, 3.63) is 169 Å². The smallest absolute Gasteiger partial charge is 0.0920 e. The van der Waals surface area contributed by atoms with Crippen LogP contribution in [-0.4, -0.2) is 25.7 Å². The van der Waals surface area contributed by atoms with Crippen molar-refractivity contribution in [3.63, 3.8) is 0 Å². The largest absolute Gasteiger partial charge is 0.184 e.